The van der Waals surface area contributed by atoms with E-state index in [4.69, 9.17) is 11.6 Å². The Labute approximate surface area is 184 Å². The second-order valence-corrected chi connectivity index (χ2v) is 7.05. The Kier molecular flexibility index (Phi) is 7.24. The molecule has 0 aliphatic carbocycles. The van der Waals surface area contributed by atoms with E-state index in [1.807, 2.05) is 18.2 Å². The van der Waals surface area contributed by atoms with Crippen LogP contribution in [-0.4, -0.2) is 24.3 Å². The van der Waals surface area contributed by atoms with Gasteiger partial charge in [0.1, 0.15) is 0 Å². The second kappa shape index (κ2) is 10.3. The third-order valence-corrected chi connectivity index (χ3v) is 4.53. The Morgan fingerprint density at radius 3 is 2.23 bits per heavy atom. The van der Waals surface area contributed by atoms with E-state index in [1.165, 1.54) is 6.92 Å². The molecule has 31 heavy (non-hydrogen) atoms. The van der Waals surface area contributed by atoms with Gasteiger partial charge in [-0.05, 0) is 42.5 Å². The summed E-state index contributed by atoms with van der Waals surface area (Å²) in [5.41, 5.74) is 2.44. The molecule has 0 spiro atoms. The summed E-state index contributed by atoms with van der Waals surface area (Å²) in [5.74, 6) is -0.904. The van der Waals surface area contributed by atoms with Gasteiger partial charge in [-0.1, -0.05) is 41.9 Å². The van der Waals surface area contributed by atoms with E-state index in [0.29, 0.717) is 33.3 Å². The molecule has 0 unspecified atom stereocenters. The van der Waals surface area contributed by atoms with Crippen molar-refractivity contribution in [1.29, 1.82) is 0 Å². The van der Waals surface area contributed by atoms with Crippen molar-refractivity contribution in [1.82, 2.24) is 0 Å². The minimum Gasteiger partial charge on any atom is -0.375 e. The molecular formula is C23H21ClN4O3. The van der Waals surface area contributed by atoms with Crippen LogP contribution in [0.25, 0.3) is 0 Å². The molecule has 3 amide bonds. The fraction of sp³-hybridized carbons (Fsp3) is 0.0870. The molecule has 4 N–H and O–H groups in total. The Morgan fingerprint density at radius 2 is 1.48 bits per heavy atom. The van der Waals surface area contributed by atoms with Gasteiger partial charge in [-0.15, -0.1) is 0 Å². The molecule has 0 aromatic heterocycles. The van der Waals surface area contributed by atoms with Crippen LogP contribution >= 0.6 is 11.6 Å². The maximum atomic E-state index is 12.6. The van der Waals surface area contributed by atoms with Crippen LogP contribution < -0.4 is 21.3 Å². The summed E-state index contributed by atoms with van der Waals surface area (Å²) in [6.07, 6.45) is 0. The summed E-state index contributed by atoms with van der Waals surface area (Å²) in [6, 6.07) is 20.7. The number of carbonyl (C=O) groups is 3. The smallest absolute Gasteiger partial charge is 0.257 e. The molecule has 0 bridgehead atoms. The van der Waals surface area contributed by atoms with Crippen LogP contribution in [-0.2, 0) is 9.59 Å². The van der Waals surface area contributed by atoms with Crippen molar-refractivity contribution in [2.24, 2.45) is 0 Å². The molecule has 0 aliphatic heterocycles. The molecular weight excluding hydrogens is 416 g/mol. The van der Waals surface area contributed by atoms with Crippen LogP contribution in [0.5, 0.6) is 0 Å². The third kappa shape index (κ3) is 6.32. The highest BCUT2D eigenvalue weighted by Crippen LogP contribution is 2.25. The first-order chi connectivity index (χ1) is 14.9. The quantitative estimate of drug-likeness (QED) is 0.435. The number of rotatable bonds is 7. The molecule has 8 heteroatoms. The minimum absolute atomic E-state index is 0.0854. The number of nitrogens with one attached hydrogen (secondary N) is 4. The molecule has 0 saturated heterocycles. The molecule has 7 nitrogen and oxygen atoms in total. The van der Waals surface area contributed by atoms with Gasteiger partial charge in [-0.2, -0.15) is 0 Å². The summed E-state index contributed by atoms with van der Waals surface area (Å²) in [5, 5.41) is 11.5. The lowest BCUT2D eigenvalue weighted by atomic mass is 10.1. The van der Waals surface area contributed by atoms with Crippen LogP contribution in [0.1, 0.15) is 17.3 Å². The molecule has 0 atom stereocenters. The van der Waals surface area contributed by atoms with Gasteiger partial charge in [0.2, 0.25) is 11.8 Å². The summed E-state index contributed by atoms with van der Waals surface area (Å²) in [7, 11) is 0. The Hall–Kier alpha value is -3.84. The van der Waals surface area contributed by atoms with E-state index in [1.54, 1.807) is 54.6 Å². The fourth-order valence-corrected chi connectivity index (χ4v) is 3.01. The number of para-hydroxylation sites is 2. The van der Waals surface area contributed by atoms with Crippen molar-refractivity contribution in [3.63, 3.8) is 0 Å². The van der Waals surface area contributed by atoms with Crippen molar-refractivity contribution >= 4 is 52.1 Å². The first-order valence-electron chi connectivity index (χ1n) is 9.48. The molecule has 158 valence electrons. The Morgan fingerprint density at radius 1 is 0.774 bits per heavy atom. The van der Waals surface area contributed by atoms with Crippen LogP contribution in [0, 0.1) is 0 Å². The minimum atomic E-state index is -0.360. The monoisotopic (exact) mass is 436 g/mol. The predicted molar refractivity (Wildman–Crippen MR) is 124 cm³/mol. The van der Waals surface area contributed by atoms with Crippen molar-refractivity contribution < 1.29 is 14.4 Å². The predicted octanol–water partition coefficient (Wildman–Crippen LogP) is 4.60. The zero-order chi connectivity index (χ0) is 22.2. The van der Waals surface area contributed by atoms with Gasteiger partial charge in [0, 0.05) is 18.3 Å². The Balaban J connectivity index is 1.65. The highest BCUT2D eigenvalue weighted by Gasteiger charge is 2.14. The standard InChI is InChI=1S/C23H21ClN4O3/c1-15(29)26-17-11-12-19(24)21(13-17)25-14-22(30)28-20-10-6-5-9-18(20)23(31)27-16-7-3-2-4-8-16/h2-13,25H,14H2,1H3,(H,26,29)(H,27,31)(H,28,30). The van der Waals surface area contributed by atoms with Gasteiger partial charge >= 0.3 is 0 Å². The number of anilines is 4. The van der Waals surface area contributed by atoms with Crippen LogP contribution in [0.3, 0.4) is 0 Å². The van der Waals surface area contributed by atoms with E-state index >= 15 is 0 Å². The zero-order valence-electron chi connectivity index (χ0n) is 16.7. The second-order valence-electron chi connectivity index (χ2n) is 6.64. The van der Waals surface area contributed by atoms with Crippen molar-refractivity contribution in [3.05, 3.63) is 83.4 Å². The van der Waals surface area contributed by atoms with E-state index < -0.39 is 0 Å². The lowest BCUT2D eigenvalue weighted by molar-refractivity contribution is -0.115. The van der Waals surface area contributed by atoms with Gasteiger partial charge in [-0.25, -0.2) is 0 Å². The van der Waals surface area contributed by atoms with Gasteiger partial charge < -0.3 is 21.3 Å². The molecule has 3 rings (SSSR count). The van der Waals surface area contributed by atoms with Crippen LogP contribution in [0.15, 0.2) is 72.8 Å². The molecule has 0 heterocycles. The third-order valence-electron chi connectivity index (χ3n) is 4.20. The van der Waals surface area contributed by atoms with Crippen molar-refractivity contribution in [2.75, 3.05) is 27.8 Å². The summed E-state index contributed by atoms with van der Waals surface area (Å²) < 4.78 is 0. The molecule has 3 aromatic rings. The van der Waals surface area contributed by atoms with Crippen molar-refractivity contribution in [3.8, 4) is 0 Å². The normalized spacial score (nSPS) is 10.1. The largest absolute Gasteiger partial charge is 0.375 e. The highest BCUT2D eigenvalue weighted by atomic mass is 35.5. The van der Waals surface area contributed by atoms with Gasteiger partial charge in [0.15, 0.2) is 0 Å². The number of amides is 3. The maximum Gasteiger partial charge on any atom is 0.257 e. The number of halogens is 1. The fourth-order valence-electron chi connectivity index (χ4n) is 2.82. The molecule has 0 saturated carbocycles. The summed E-state index contributed by atoms with van der Waals surface area (Å²) in [6.45, 7) is 1.32. The van der Waals surface area contributed by atoms with Crippen molar-refractivity contribution in [2.45, 2.75) is 6.92 Å². The SMILES string of the molecule is CC(=O)Nc1ccc(Cl)c(NCC(=O)Nc2ccccc2C(=O)Nc2ccccc2)c1. The zero-order valence-corrected chi connectivity index (χ0v) is 17.5. The first kappa shape index (κ1) is 21.9. The number of benzene rings is 3. The molecule has 0 fully saturated rings. The lowest BCUT2D eigenvalue weighted by Crippen LogP contribution is -2.24. The topological polar surface area (TPSA) is 99.3 Å². The average Bonchev–Trinajstić information content (AvgIpc) is 2.75. The van der Waals surface area contributed by atoms with Crippen LogP contribution in [0.2, 0.25) is 5.02 Å². The van der Waals surface area contributed by atoms with Gasteiger partial charge in [0.05, 0.1) is 28.5 Å². The number of hydrogen-bond acceptors (Lipinski definition) is 4. The lowest BCUT2D eigenvalue weighted by Gasteiger charge is -2.13. The maximum absolute atomic E-state index is 12.6. The van der Waals surface area contributed by atoms with Gasteiger partial charge in [-0.3, -0.25) is 14.4 Å². The van der Waals surface area contributed by atoms with Gasteiger partial charge in [0.25, 0.3) is 5.91 Å². The van der Waals surface area contributed by atoms with E-state index in [0.717, 1.165) is 0 Å². The average molecular weight is 437 g/mol. The molecule has 0 aliphatic rings. The summed E-state index contributed by atoms with van der Waals surface area (Å²) in [4.78, 5) is 36.3. The Bertz CT molecular complexity index is 1100. The summed E-state index contributed by atoms with van der Waals surface area (Å²) >= 11 is 6.16. The first-order valence-corrected chi connectivity index (χ1v) is 9.86. The number of carbonyl (C=O) groups excluding carboxylic acids is 3. The van der Waals surface area contributed by atoms with E-state index in [9.17, 15) is 14.4 Å². The molecule has 3 aromatic carbocycles. The van der Waals surface area contributed by atoms with Crippen LogP contribution in [0.4, 0.5) is 22.7 Å². The number of hydrogen-bond donors (Lipinski definition) is 4. The molecule has 0 radical (unpaired) electrons. The van der Waals surface area contributed by atoms with E-state index in [-0.39, 0.29) is 24.3 Å². The highest BCUT2D eigenvalue weighted by molar-refractivity contribution is 6.33. The van der Waals surface area contributed by atoms with E-state index in [2.05, 4.69) is 21.3 Å².